The fourth-order valence-corrected chi connectivity index (χ4v) is 12.7. The molecule has 8 rings (SSSR count). The Labute approximate surface area is 467 Å². The van der Waals surface area contributed by atoms with Crippen molar-refractivity contribution in [2.75, 3.05) is 43.6 Å². The average Bonchev–Trinajstić information content (AvgIpc) is 3.95. The number of benzene rings is 1. The van der Waals surface area contributed by atoms with Gasteiger partial charge in [-0.2, -0.15) is 8.42 Å². The molecule has 73 heavy (non-hydrogen) atoms. The second-order valence-corrected chi connectivity index (χ2v) is 21.5. The molecule has 0 aliphatic carbocycles. The van der Waals surface area contributed by atoms with Crippen molar-refractivity contribution in [2.45, 2.75) is 52.7 Å². The van der Waals surface area contributed by atoms with Crippen LogP contribution in [0.15, 0.2) is 87.9 Å². The van der Waals surface area contributed by atoms with Crippen molar-refractivity contribution in [1.82, 2.24) is 50.5 Å². The number of nitrogens with zero attached hydrogens (tertiary/aromatic N) is 9. The number of carbonyl (C=O) groups excluding carboxylic acids is 5. The van der Waals surface area contributed by atoms with E-state index in [9.17, 15) is 56.7 Å². The number of tetrazole rings is 1. The van der Waals surface area contributed by atoms with Gasteiger partial charge in [-0.15, -0.1) is 64.8 Å². The molecule has 2 fully saturated rings. The van der Waals surface area contributed by atoms with Crippen LogP contribution in [0.5, 0.6) is 0 Å². The van der Waals surface area contributed by atoms with Crippen LogP contribution < -0.4 is 56.2 Å². The van der Waals surface area contributed by atoms with Crippen LogP contribution >= 0.6 is 71.4 Å². The summed E-state index contributed by atoms with van der Waals surface area (Å²) < 4.78 is 36.8. The Morgan fingerprint density at radius 3 is 2.03 bits per heavy atom. The maximum absolute atomic E-state index is 12.9. The number of hydrogen-bond acceptors (Lipinski definition) is 19. The van der Waals surface area contributed by atoms with Gasteiger partial charge in [0.25, 0.3) is 21.9 Å². The minimum atomic E-state index is -4.85. The number of aliphatic carboxylic acids is 2. The average molecular weight is 1160 g/mol. The normalized spacial score (nSPS) is 19.2. The third-order valence-electron chi connectivity index (χ3n) is 10.8. The topological polar surface area (TPSA) is 361 Å². The van der Waals surface area contributed by atoms with E-state index in [1.165, 1.54) is 87.9 Å². The molecule has 4 aromatic rings. The van der Waals surface area contributed by atoms with Crippen LogP contribution in [0.25, 0.3) is 0 Å². The number of pyridine rings is 1. The Balaban J connectivity index is 0.000000304. The predicted molar refractivity (Wildman–Crippen MR) is 267 cm³/mol. The summed E-state index contributed by atoms with van der Waals surface area (Å²) in [6.45, 7) is 1.48. The van der Waals surface area contributed by atoms with Crippen molar-refractivity contribution in [3.05, 3.63) is 99.6 Å². The van der Waals surface area contributed by atoms with Gasteiger partial charge in [0.05, 0.1) is 24.2 Å². The van der Waals surface area contributed by atoms with Crippen LogP contribution in [0.1, 0.15) is 26.9 Å². The molecule has 0 saturated carbocycles. The third-order valence-corrected chi connectivity index (χ3v) is 16.4. The van der Waals surface area contributed by atoms with E-state index in [1.807, 2.05) is 19.0 Å². The van der Waals surface area contributed by atoms with Gasteiger partial charge in [-0.1, -0.05) is 42.1 Å². The summed E-state index contributed by atoms with van der Waals surface area (Å²) in [5.41, 5.74) is 12.4. The molecule has 7 heterocycles. The summed E-state index contributed by atoms with van der Waals surface area (Å²) in [5.74, 6) is -4.78. The number of fused-ring (bicyclic) bond motifs is 2. The molecule has 0 spiro atoms. The molecule has 1 unspecified atom stereocenters. The van der Waals surface area contributed by atoms with Gasteiger partial charge in [0.1, 0.15) is 34.2 Å². The van der Waals surface area contributed by atoms with Gasteiger partial charge < -0.3 is 37.2 Å². The van der Waals surface area contributed by atoms with Crippen LogP contribution in [0, 0.1) is 0 Å². The molecular weight excluding hydrogens is 1110 g/mol. The number of primary amides is 1. The molecule has 0 radical (unpaired) electrons. The van der Waals surface area contributed by atoms with Crippen LogP contribution in [-0.2, 0) is 58.4 Å². The van der Waals surface area contributed by atoms with Crippen molar-refractivity contribution in [2.24, 2.45) is 5.73 Å². The zero-order valence-electron chi connectivity index (χ0n) is 38.7. The van der Waals surface area contributed by atoms with E-state index < -0.39 is 73.8 Å². The Morgan fingerprint density at radius 1 is 0.918 bits per heavy atom. The molecule has 386 valence electrons. The molecule has 33 heteroatoms. The SMILES string of the molecule is CN(C)CCn1nnnc1SCC1=C(C(=O)O)N2C(=O)[C@@H](NC(=O)Cc3csc(N)n3)[C@H]2SC1.Cl.Cl.NC(=O)c1cc[n+](CC2=C(C(=O)O)N3C(=O)[C@@H](NC(=O)C(c4ccccc4)S(=O)(=O)O)[C@H]3SC2)cc1.[Na+]. The van der Waals surface area contributed by atoms with E-state index in [-0.39, 0.29) is 102 Å². The van der Waals surface area contributed by atoms with E-state index in [4.69, 9.17) is 11.5 Å². The van der Waals surface area contributed by atoms with Gasteiger partial charge in [0, 0.05) is 46.9 Å². The van der Waals surface area contributed by atoms with Crippen molar-refractivity contribution >= 4 is 128 Å². The number of halogens is 2. The molecule has 3 aromatic heterocycles. The Hall–Kier alpha value is -4.86. The summed E-state index contributed by atoms with van der Waals surface area (Å²) in [6.07, 6.45) is 3.12. The number of carboxylic acids is 2. The minimum Gasteiger partial charge on any atom is -0.477 e. The molecule has 2 saturated heterocycles. The molecule has 4 aliphatic rings. The maximum Gasteiger partial charge on any atom is 1.00 e. The van der Waals surface area contributed by atoms with E-state index in [0.717, 1.165) is 11.4 Å². The number of likely N-dealkylation sites (N-methyl/N-ethyl adjacent to an activating group) is 1. The Bertz CT molecular complexity index is 2920. The van der Waals surface area contributed by atoms with Gasteiger partial charge in [-0.3, -0.25) is 38.3 Å². The summed E-state index contributed by atoms with van der Waals surface area (Å²) in [5, 5.41) is 35.9. The predicted octanol–water partition coefficient (Wildman–Crippen LogP) is -3.36. The maximum atomic E-state index is 12.9. The number of β-lactam (4-membered cyclic amide) rings is 2. The number of nitrogens with two attached hydrogens (primary N) is 2. The number of amides is 5. The van der Waals surface area contributed by atoms with Gasteiger partial charge in [0.15, 0.2) is 29.3 Å². The van der Waals surface area contributed by atoms with Crippen LogP contribution in [-0.4, -0.2) is 165 Å². The summed E-state index contributed by atoms with van der Waals surface area (Å²) in [6, 6.07) is 8.33. The first-order valence-electron chi connectivity index (χ1n) is 20.7. The van der Waals surface area contributed by atoms with Crippen molar-refractivity contribution < 1.29 is 90.9 Å². The number of nitrogens with one attached hydrogen (secondary N) is 2. The standard InChI is InChI=1S/C22H20N4O8S2.C18H23N9O4S3.2ClH.Na/c23-18(27)13-6-8-25(9-7-13)10-14-11-35-21-15(20(29)26(21)16(14)22(30)31)24-19(28)17(36(32,33)34)12-4-2-1-3-5-12;1-25(2)3-4-26-18(22-23-24-26)34-7-9-6-32-15-12(14(29)27(15)13(9)16(30)31)21-11(28)5-10-8-33-17(19)20-10;;;/h1-9,15,17,21H,10-11H2,(H4-,23,24,27,28,30,31,32,33,34);8,12,15H,3-7H2,1-2H3,(H2,19,20)(H,21,28)(H,30,31);2*1H;/q;;;;+1/p+1/t15-,17?,21-;12-,15-;;;/m11.../s1. The first kappa shape index (κ1) is 60.7. The van der Waals surface area contributed by atoms with E-state index in [0.29, 0.717) is 45.2 Å². The first-order chi connectivity index (χ1) is 33.2. The van der Waals surface area contributed by atoms with Gasteiger partial charge >= 0.3 is 41.5 Å². The number of thiazole rings is 1. The molecule has 1 aromatic carbocycles. The largest absolute Gasteiger partial charge is 1.00 e. The second kappa shape index (κ2) is 26.1. The third kappa shape index (κ3) is 14.1. The minimum absolute atomic E-state index is 0. The van der Waals surface area contributed by atoms with E-state index in [1.54, 1.807) is 33.1 Å². The van der Waals surface area contributed by atoms with E-state index >= 15 is 0 Å². The smallest absolute Gasteiger partial charge is 0.477 e. The second-order valence-electron chi connectivity index (χ2n) is 15.9. The molecule has 5 amide bonds. The van der Waals surface area contributed by atoms with Gasteiger partial charge in [0.2, 0.25) is 22.9 Å². The Kier molecular flexibility index (Phi) is 21.7. The molecule has 0 bridgehead atoms. The van der Waals surface area contributed by atoms with Crippen molar-refractivity contribution in [1.29, 1.82) is 0 Å². The quantitative estimate of drug-likeness (QED) is 0.0168. The number of hydrogen-bond donors (Lipinski definition) is 7. The fourth-order valence-electron chi connectivity index (χ4n) is 7.54. The number of nitrogen functional groups attached to an aromatic ring is 1. The number of carboxylic acid groups (broad SMARTS) is 2. The van der Waals surface area contributed by atoms with Crippen LogP contribution in [0.2, 0.25) is 0 Å². The van der Waals surface area contributed by atoms with Gasteiger partial charge in [-0.05, 0) is 35.7 Å². The van der Waals surface area contributed by atoms with Crippen LogP contribution in [0.3, 0.4) is 0 Å². The zero-order chi connectivity index (χ0) is 50.6. The molecule has 9 N–H and O–H groups in total. The summed E-state index contributed by atoms with van der Waals surface area (Å²) in [7, 11) is -0.949. The van der Waals surface area contributed by atoms with E-state index in [2.05, 4.69) is 31.1 Å². The monoisotopic (exact) mass is 1150 g/mol. The summed E-state index contributed by atoms with van der Waals surface area (Å²) in [4.78, 5) is 94.6. The molecule has 4 aliphatic heterocycles. The molecular formula is C40H46Cl2N13NaO12S5+2. The number of rotatable bonds is 18. The number of aromatic nitrogens is 6. The van der Waals surface area contributed by atoms with Crippen molar-refractivity contribution in [3.63, 3.8) is 0 Å². The number of thioether (sulfide) groups is 3. The Morgan fingerprint density at radius 2 is 1.49 bits per heavy atom. The summed E-state index contributed by atoms with van der Waals surface area (Å²) >= 11 is 5.19. The zero-order valence-corrected chi connectivity index (χ0v) is 46.4. The van der Waals surface area contributed by atoms with Crippen molar-refractivity contribution in [3.8, 4) is 0 Å². The molecule has 25 nitrogen and oxygen atoms in total. The fraction of sp³-hybridized carbons (Fsp3) is 0.350. The molecule has 5 atom stereocenters. The number of carbonyl (C=O) groups is 7. The van der Waals surface area contributed by atoms with Crippen LogP contribution in [0.4, 0.5) is 5.13 Å². The number of anilines is 1. The first-order valence-corrected chi connectivity index (χ1v) is 26.1. The van der Waals surface area contributed by atoms with Gasteiger partial charge in [-0.25, -0.2) is 23.8 Å².